The second-order valence-electron chi connectivity index (χ2n) is 3.06. The highest BCUT2D eigenvalue weighted by Crippen LogP contribution is 2.14. The Morgan fingerprint density at radius 3 is 2.45 bits per heavy atom. The molecule has 1 fully saturated rings. The average Bonchev–Trinajstić information content (AvgIpc) is 2.05. The summed E-state index contributed by atoms with van der Waals surface area (Å²) in [6, 6.07) is 0. The molecule has 0 spiro atoms. The summed E-state index contributed by atoms with van der Waals surface area (Å²) in [5, 5.41) is 0. The molecule has 0 atom stereocenters. The molecule has 0 radical (unpaired) electrons. The maximum Gasteiger partial charge on any atom is 0.0821 e. The third-order valence-electron chi connectivity index (χ3n) is 2.17. The van der Waals surface area contributed by atoms with Crippen LogP contribution in [-0.4, -0.2) is 24.1 Å². The molecule has 1 saturated heterocycles. The molecule has 0 bridgehead atoms. The first-order valence-electron chi connectivity index (χ1n) is 4.00. The lowest BCUT2D eigenvalue weighted by Gasteiger charge is -2.32. The Bertz CT molecular complexity index is 139. The van der Waals surface area contributed by atoms with Crippen molar-refractivity contribution in [2.24, 2.45) is 5.90 Å². The van der Waals surface area contributed by atoms with Gasteiger partial charge in [-0.25, -0.2) is 5.90 Å². The summed E-state index contributed by atoms with van der Waals surface area (Å²) in [6.07, 6.45) is 2.29. The summed E-state index contributed by atoms with van der Waals surface area (Å²) in [7, 11) is 0. The van der Waals surface area contributed by atoms with Crippen molar-refractivity contribution >= 4 is 0 Å². The van der Waals surface area contributed by atoms with E-state index in [4.69, 9.17) is 10.7 Å². The van der Waals surface area contributed by atoms with Crippen LogP contribution in [0.4, 0.5) is 0 Å². The van der Waals surface area contributed by atoms with Crippen molar-refractivity contribution in [1.29, 1.82) is 0 Å². The number of hydrogen-bond donors (Lipinski definition) is 1. The molecule has 64 valence electrons. The highest BCUT2D eigenvalue weighted by molar-refractivity contribution is 4.91. The number of rotatable bonds is 2. The van der Waals surface area contributed by atoms with Gasteiger partial charge >= 0.3 is 0 Å². The second-order valence-corrected chi connectivity index (χ2v) is 3.06. The second kappa shape index (κ2) is 3.74. The van der Waals surface area contributed by atoms with Gasteiger partial charge in [0.2, 0.25) is 0 Å². The largest absolute Gasteiger partial charge is 0.375 e. The Balaban J connectivity index is 2.30. The third kappa shape index (κ3) is 2.20. The van der Waals surface area contributed by atoms with Gasteiger partial charge in [0.1, 0.15) is 0 Å². The van der Waals surface area contributed by atoms with Crippen molar-refractivity contribution in [1.82, 2.24) is 4.90 Å². The topological polar surface area (TPSA) is 38.5 Å². The van der Waals surface area contributed by atoms with Crippen LogP contribution >= 0.6 is 0 Å². The summed E-state index contributed by atoms with van der Waals surface area (Å²) in [6.45, 7) is 7.96. The van der Waals surface area contributed by atoms with Crippen molar-refractivity contribution in [3.05, 3.63) is 12.3 Å². The number of nitrogens with two attached hydrogens (primary N) is 1. The lowest BCUT2D eigenvalue weighted by molar-refractivity contribution is 0.0132. The summed E-state index contributed by atoms with van der Waals surface area (Å²) in [5.41, 5.74) is 1.14. The van der Waals surface area contributed by atoms with E-state index < -0.39 is 0 Å². The summed E-state index contributed by atoms with van der Waals surface area (Å²) >= 11 is 0. The number of nitrogens with zero attached hydrogens (tertiary/aromatic N) is 1. The Kier molecular flexibility index (Phi) is 2.91. The minimum Gasteiger partial charge on any atom is -0.375 e. The Morgan fingerprint density at radius 1 is 1.55 bits per heavy atom. The van der Waals surface area contributed by atoms with Gasteiger partial charge in [0.05, 0.1) is 6.10 Å². The fourth-order valence-electron chi connectivity index (χ4n) is 1.37. The molecule has 1 rings (SSSR count). The van der Waals surface area contributed by atoms with Crippen LogP contribution in [-0.2, 0) is 4.84 Å². The lowest BCUT2D eigenvalue weighted by atomic mass is 10.1. The van der Waals surface area contributed by atoms with Crippen LogP contribution in [0.15, 0.2) is 12.3 Å². The first kappa shape index (κ1) is 8.56. The number of hydrogen-bond acceptors (Lipinski definition) is 3. The molecule has 0 aromatic carbocycles. The van der Waals surface area contributed by atoms with Crippen molar-refractivity contribution in [3.8, 4) is 0 Å². The highest BCUT2D eigenvalue weighted by atomic mass is 16.6. The quantitative estimate of drug-likeness (QED) is 0.603. The predicted molar refractivity (Wildman–Crippen MR) is 44.7 cm³/mol. The maximum absolute atomic E-state index is 5.08. The van der Waals surface area contributed by atoms with E-state index in [9.17, 15) is 0 Å². The minimum absolute atomic E-state index is 0.255. The van der Waals surface area contributed by atoms with Crippen molar-refractivity contribution < 1.29 is 4.84 Å². The summed E-state index contributed by atoms with van der Waals surface area (Å²) < 4.78 is 0. The first-order chi connectivity index (χ1) is 5.24. The van der Waals surface area contributed by atoms with Crippen molar-refractivity contribution in [2.75, 3.05) is 13.1 Å². The molecule has 0 unspecified atom stereocenters. The molecule has 1 aliphatic heterocycles. The van der Waals surface area contributed by atoms with Gasteiger partial charge in [-0.1, -0.05) is 6.58 Å². The van der Waals surface area contributed by atoms with E-state index in [-0.39, 0.29) is 6.10 Å². The average molecular weight is 156 g/mol. The van der Waals surface area contributed by atoms with Crippen LogP contribution in [0.3, 0.4) is 0 Å². The van der Waals surface area contributed by atoms with Crippen LogP contribution in [0.2, 0.25) is 0 Å². The van der Waals surface area contributed by atoms with E-state index >= 15 is 0 Å². The fourth-order valence-corrected chi connectivity index (χ4v) is 1.37. The van der Waals surface area contributed by atoms with Crippen molar-refractivity contribution in [3.63, 3.8) is 0 Å². The number of allylic oxidation sites excluding steroid dienone is 1. The smallest absolute Gasteiger partial charge is 0.0821 e. The molecule has 0 saturated carbocycles. The van der Waals surface area contributed by atoms with E-state index in [0.29, 0.717) is 0 Å². The van der Waals surface area contributed by atoms with E-state index in [2.05, 4.69) is 11.5 Å². The van der Waals surface area contributed by atoms with E-state index in [1.165, 1.54) is 0 Å². The Hall–Kier alpha value is -0.540. The molecule has 0 aliphatic carbocycles. The fraction of sp³-hybridized carbons (Fsp3) is 0.750. The summed E-state index contributed by atoms with van der Waals surface area (Å²) in [5.74, 6) is 5.08. The highest BCUT2D eigenvalue weighted by Gasteiger charge is 2.17. The van der Waals surface area contributed by atoms with Gasteiger partial charge in [-0.2, -0.15) is 0 Å². The molecular formula is C8H16N2O. The van der Waals surface area contributed by atoms with Crippen LogP contribution in [0.5, 0.6) is 0 Å². The molecule has 0 aromatic heterocycles. The van der Waals surface area contributed by atoms with Gasteiger partial charge < -0.3 is 9.74 Å². The van der Waals surface area contributed by atoms with Crippen LogP contribution < -0.4 is 5.90 Å². The lowest BCUT2D eigenvalue weighted by Crippen LogP contribution is -2.36. The van der Waals surface area contributed by atoms with Gasteiger partial charge in [0, 0.05) is 18.8 Å². The molecule has 3 nitrogen and oxygen atoms in total. The van der Waals surface area contributed by atoms with Crippen LogP contribution in [0.1, 0.15) is 19.8 Å². The first-order valence-corrected chi connectivity index (χ1v) is 4.00. The van der Waals surface area contributed by atoms with Crippen LogP contribution in [0, 0.1) is 0 Å². The molecule has 11 heavy (non-hydrogen) atoms. The van der Waals surface area contributed by atoms with Crippen molar-refractivity contribution in [2.45, 2.75) is 25.9 Å². The minimum atomic E-state index is 0.255. The zero-order chi connectivity index (χ0) is 8.27. The molecule has 0 amide bonds. The number of likely N-dealkylation sites (tertiary alicyclic amines) is 1. The normalized spacial score (nSPS) is 20.4. The van der Waals surface area contributed by atoms with Gasteiger partial charge in [-0.05, 0) is 19.8 Å². The van der Waals surface area contributed by atoms with E-state index in [1.807, 2.05) is 6.92 Å². The molecular weight excluding hydrogens is 140 g/mol. The SMILES string of the molecule is C=C(C)N1CCC(ON)CC1. The zero-order valence-electron chi connectivity index (χ0n) is 7.05. The molecule has 3 heteroatoms. The molecule has 2 N–H and O–H groups in total. The Labute approximate surface area is 67.8 Å². The van der Waals surface area contributed by atoms with E-state index in [0.717, 1.165) is 31.6 Å². The Morgan fingerprint density at radius 2 is 2.09 bits per heavy atom. The molecule has 1 aliphatic rings. The third-order valence-corrected chi connectivity index (χ3v) is 2.17. The monoisotopic (exact) mass is 156 g/mol. The summed E-state index contributed by atoms with van der Waals surface area (Å²) in [4.78, 5) is 7.02. The molecule has 1 heterocycles. The zero-order valence-corrected chi connectivity index (χ0v) is 7.05. The number of piperidine rings is 1. The van der Waals surface area contributed by atoms with Gasteiger partial charge in [0.25, 0.3) is 0 Å². The van der Waals surface area contributed by atoms with Gasteiger partial charge in [-0.15, -0.1) is 0 Å². The van der Waals surface area contributed by atoms with Crippen LogP contribution in [0.25, 0.3) is 0 Å². The van der Waals surface area contributed by atoms with Gasteiger partial charge in [-0.3, -0.25) is 0 Å². The van der Waals surface area contributed by atoms with Gasteiger partial charge in [0.15, 0.2) is 0 Å². The van der Waals surface area contributed by atoms with E-state index in [1.54, 1.807) is 0 Å². The standard InChI is InChI=1S/C8H16N2O/c1-7(2)10-5-3-8(11-9)4-6-10/h8H,1,3-6,9H2,2H3. The predicted octanol–water partition coefficient (Wildman–Crippen LogP) is 0.875. The maximum atomic E-state index is 5.08. The molecule has 0 aromatic rings.